The summed E-state index contributed by atoms with van der Waals surface area (Å²) in [6.45, 7) is 3.26. The van der Waals surface area contributed by atoms with Crippen molar-refractivity contribution >= 4 is 40.5 Å². The fraction of sp³-hybridized carbons (Fsp3) is 0.333. The number of aryl methyl sites for hydroxylation is 1. The summed E-state index contributed by atoms with van der Waals surface area (Å²) in [4.78, 5) is 41.5. The molecule has 2 aromatic heterocycles. The van der Waals surface area contributed by atoms with Gasteiger partial charge in [0, 0.05) is 7.05 Å². The minimum Gasteiger partial charge on any atom is -0.477 e. The molecule has 2 N–H and O–H groups in total. The Morgan fingerprint density at radius 3 is 2.67 bits per heavy atom. The first-order valence-corrected chi connectivity index (χ1v) is 8.78. The van der Waals surface area contributed by atoms with Crippen LogP contribution in [0.5, 0.6) is 0 Å². The maximum atomic E-state index is 12.1. The summed E-state index contributed by atoms with van der Waals surface area (Å²) >= 11 is 2.35. The molecule has 0 aromatic carbocycles. The van der Waals surface area contributed by atoms with Crippen molar-refractivity contribution in [3.05, 3.63) is 38.0 Å². The van der Waals surface area contributed by atoms with Gasteiger partial charge in [0.25, 0.3) is 5.91 Å². The fourth-order valence-corrected chi connectivity index (χ4v) is 3.65. The summed E-state index contributed by atoms with van der Waals surface area (Å²) in [5.74, 6) is -1.58. The van der Waals surface area contributed by atoms with Crippen LogP contribution in [0.4, 0.5) is 0 Å². The van der Waals surface area contributed by atoms with Crippen LogP contribution >= 0.6 is 22.7 Å². The average Bonchev–Trinajstić information content (AvgIpc) is 3.15. The first-order chi connectivity index (χ1) is 11.3. The maximum Gasteiger partial charge on any atom is 0.347 e. The Labute approximate surface area is 146 Å². The molecule has 0 spiro atoms. The molecule has 0 bridgehead atoms. The molecule has 128 valence electrons. The molecule has 0 aliphatic carbocycles. The van der Waals surface area contributed by atoms with Crippen LogP contribution in [-0.4, -0.2) is 46.4 Å². The number of thiophene rings is 1. The van der Waals surface area contributed by atoms with E-state index in [0.29, 0.717) is 15.6 Å². The topological polar surface area (TPSA) is 99.6 Å². The summed E-state index contributed by atoms with van der Waals surface area (Å²) in [5.41, 5.74) is 0.425. The Bertz CT molecular complexity index is 755. The highest BCUT2D eigenvalue weighted by Crippen LogP contribution is 2.23. The van der Waals surface area contributed by atoms with Gasteiger partial charge in [-0.25, -0.2) is 9.78 Å². The SMILES string of the molecule is Cc1nc(C(C)NC(=O)CN(C)C(=O)c2cccs2)sc1C(=O)O. The summed E-state index contributed by atoms with van der Waals surface area (Å²) in [5, 5.41) is 14.1. The Hall–Kier alpha value is -2.26. The second kappa shape index (κ2) is 7.54. The number of hydrogen-bond donors (Lipinski definition) is 2. The van der Waals surface area contributed by atoms with Gasteiger partial charge in [0.05, 0.1) is 23.2 Å². The van der Waals surface area contributed by atoms with Gasteiger partial charge in [-0.05, 0) is 25.3 Å². The van der Waals surface area contributed by atoms with Crippen LogP contribution in [-0.2, 0) is 4.79 Å². The van der Waals surface area contributed by atoms with E-state index in [1.165, 1.54) is 16.2 Å². The Balaban J connectivity index is 1.95. The van der Waals surface area contributed by atoms with Crippen molar-refractivity contribution in [2.75, 3.05) is 13.6 Å². The number of carbonyl (C=O) groups excluding carboxylic acids is 2. The van der Waals surface area contributed by atoms with Crippen LogP contribution in [0, 0.1) is 6.92 Å². The molecule has 0 radical (unpaired) electrons. The smallest absolute Gasteiger partial charge is 0.347 e. The maximum absolute atomic E-state index is 12.1. The lowest BCUT2D eigenvalue weighted by Crippen LogP contribution is -2.39. The molecular weight excluding hydrogens is 350 g/mol. The molecular formula is C15H17N3O4S2. The van der Waals surface area contributed by atoms with E-state index in [2.05, 4.69) is 10.3 Å². The van der Waals surface area contributed by atoms with Gasteiger partial charge in [0.15, 0.2) is 0 Å². The van der Waals surface area contributed by atoms with E-state index < -0.39 is 12.0 Å². The van der Waals surface area contributed by atoms with E-state index >= 15 is 0 Å². The third kappa shape index (κ3) is 4.18. The van der Waals surface area contributed by atoms with Crippen molar-refractivity contribution in [2.45, 2.75) is 19.9 Å². The average molecular weight is 367 g/mol. The van der Waals surface area contributed by atoms with Gasteiger partial charge >= 0.3 is 5.97 Å². The van der Waals surface area contributed by atoms with E-state index in [1.807, 2.05) is 0 Å². The zero-order valence-electron chi connectivity index (χ0n) is 13.4. The van der Waals surface area contributed by atoms with Gasteiger partial charge in [-0.3, -0.25) is 9.59 Å². The van der Waals surface area contributed by atoms with Crippen molar-refractivity contribution < 1.29 is 19.5 Å². The Kier molecular flexibility index (Phi) is 5.68. The highest BCUT2D eigenvalue weighted by Gasteiger charge is 2.21. The second-order valence-corrected chi connectivity index (χ2v) is 7.18. The van der Waals surface area contributed by atoms with Crippen LogP contribution in [0.1, 0.15) is 43.0 Å². The summed E-state index contributed by atoms with van der Waals surface area (Å²) in [6.07, 6.45) is 0. The van der Waals surface area contributed by atoms with Crippen LogP contribution in [0.15, 0.2) is 17.5 Å². The fourth-order valence-electron chi connectivity index (χ4n) is 2.03. The van der Waals surface area contributed by atoms with Crippen molar-refractivity contribution in [1.29, 1.82) is 0 Å². The predicted octanol–water partition coefficient (Wildman–Crippen LogP) is 2.16. The molecule has 0 fully saturated rings. The summed E-state index contributed by atoms with van der Waals surface area (Å²) in [7, 11) is 1.56. The standard InChI is InChI=1S/C15H17N3O4S2/c1-8-12(15(21)22)24-13(17-8)9(2)16-11(19)7-18(3)14(20)10-5-4-6-23-10/h4-6,9H,7H2,1-3H3,(H,16,19)(H,21,22). The number of aromatic carboxylic acids is 1. The number of thiazole rings is 1. The number of aromatic nitrogens is 1. The van der Waals surface area contributed by atoms with Gasteiger partial charge in [0.1, 0.15) is 9.88 Å². The Morgan fingerprint density at radius 2 is 2.12 bits per heavy atom. The third-order valence-electron chi connectivity index (χ3n) is 3.21. The molecule has 1 atom stereocenters. The number of carboxylic acid groups (broad SMARTS) is 1. The van der Waals surface area contributed by atoms with Crippen molar-refractivity contribution in [3.8, 4) is 0 Å². The molecule has 1 unspecified atom stereocenters. The monoisotopic (exact) mass is 367 g/mol. The van der Waals surface area contributed by atoms with Crippen LogP contribution in [0.3, 0.4) is 0 Å². The molecule has 24 heavy (non-hydrogen) atoms. The van der Waals surface area contributed by atoms with Crippen molar-refractivity contribution in [1.82, 2.24) is 15.2 Å². The predicted molar refractivity (Wildman–Crippen MR) is 91.6 cm³/mol. The normalized spacial score (nSPS) is 11.8. The number of likely N-dealkylation sites (N-methyl/N-ethyl adjacent to an activating group) is 1. The van der Waals surface area contributed by atoms with Gasteiger partial charge in [-0.15, -0.1) is 22.7 Å². The van der Waals surface area contributed by atoms with Gasteiger partial charge in [-0.1, -0.05) is 6.07 Å². The minimum atomic E-state index is -1.03. The molecule has 2 amide bonds. The van der Waals surface area contributed by atoms with Crippen molar-refractivity contribution in [2.24, 2.45) is 0 Å². The van der Waals surface area contributed by atoms with Gasteiger partial charge in [-0.2, -0.15) is 0 Å². The Morgan fingerprint density at radius 1 is 1.42 bits per heavy atom. The number of nitrogens with one attached hydrogen (secondary N) is 1. The number of rotatable bonds is 6. The summed E-state index contributed by atoms with van der Waals surface area (Å²) < 4.78 is 0. The van der Waals surface area contributed by atoms with E-state index in [-0.39, 0.29) is 23.2 Å². The first kappa shape index (κ1) is 18.1. The van der Waals surface area contributed by atoms with E-state index in [4.69, 9.17) is 5.11 Å². The number of carboxylic acids is 1. The molecule has 2 aromatic rings. The number of carbonyl (C=O) groups is 3. The molecule has 0 aliphatic heterocycles. The molecule has 2 rings (SSSR count). The highest BCUT2D eigenvalue weighted by molar-refractivity contribution is 7.13. The molecule has 0 saturated heterocycles. The molecule has 0 aliphatic rings. The lowest BCUT2D eigenvalue weighted by atomic mass is 10.3. The quantitative estimate of drug-likeness (QED) is 0.815. The largest absolute Gasteiger partial charge is 0.477 e. The van der Waals surface area contributed by atoms with Crippen LogP contribution in [0.25, 0.3) is 0 Å². The van der Waals surface area contributed by atoms with Gasteiger partial charge < -0.3 is 15.3 Å². The van der Waals surface area contributed by atoms with Gasteiger partial charge in [0.2, 0.25) is 5.91 Å². The van der Waals surface area contributed by atoms with E-state index in [0.717, 1.165) is 11.3 Å². The minimum absolute atomic E-state index is 0.0861. The highest BCUT2D eigenvalue weighted by atomic mass is 32.1. The molecule has 7 nitrogen and oxygen atoms in total. The second-order valence-electron chi connectivity index (χ2n) is 5.20. The third-order valence-corrected chi connectivity index (χ3v) is 5.40. The zero-order chi connectivity index (χ0) is 17.9. The number of hydrogen-bond acceptors (Lipinski definition) is 6. The first-order valence-electron chi connectivity index (χ1n) is 7.08. The van der Waals surface area contributed by atoms with Crippen LogP contribution in [0.2, 0.25) is 0 Å². The lowest BCUT2D eigenvalue weighted by Gasteiger charge is -2.17. The van der Waals surface area contributed by atoms with E-state index in [1.54, 1.807) is 38.4 Å². The number of nitrogens with zero attached hydrogens (tertiary/aromatic N) is 2. The molecule has 2 heterocycles. The summed E-state index contributed by atoms with van der Waals surface area (Å²) in [6, 6.07) is 3.05. The van der Waals surface area contributed by atoms with Crippen LogP contribution < -0.4 is 5.32 Å². The zero-order valence-corrected chi connectivity index (χ0v) is 15.0. The number of amides is 2. The van der Waals surface area contributed by atoms with E-state index in [9.17, 15) is 14.4 Å². The van der Waals surface area contributed by atoms with Crippen molar-refractivity contribution in [3.63, 3.8) is 0 Å². The lowest BCUT2D eigenvalue weighted by molar-refractivity contribution is -0.122. The molecule has 0 saturated carbocycles. The molecule has 9 heteroatoms.